The molecule has 1 saturated heterocycles. The molecule has 1 amide bonds. The van der Waals surface area contributed by atoms with Crippen LogP contribution in [0.5, 0.6) is 0 Å². The highest BCUT2D eigenvalue weighted by Crippen LogP contribution is 2.11. The Morgan fingerprint density at radius 3 is 3.05 bits per heavy atom. The van der Waals surface area contributed by atoms with E-state index >= 15 is 0 Å². The maximum Gasteiger partial charge on any atom is 0.272 e. The maximum atomic E-state index is 12.6. The summed E-state index contributed by atoms with van der Waals surface area (Å²) in [5.74, 6) is 0.0992. The lowest BCUT2D eigenvalue weighted by Crippen LogP contribution is -2.42. The van der Waals surface area contributed by atoms with Crippen LogP contribution in [0.2, 0.25) is 0 Å². The first-order valence-corrected chi connectivity index (χ1v) is 7.23. The summed E-state index contributed by atoms with van der Waals surface area (Å²) in [6.45, 7) is 4.87. The minimum absolute atomic E-state index is 0.0992. The van der Waals surface area contributed by atoms with Crippen molar-refractivity contribution in [2.24, 2.45) is 7.05 Å². The number of amides is 1. The molecule has 1 aromatic rings. The van der Waals surface area contributed by atoms with Crippen molar-refractivity contribution >= 4 is 5.91 Å². The first-order valence-electron chi connectivity index (χ1n) is 7.23. The number of aryl methyl sites for hydroxylation is 1. The summed E-state index contributed by atoms with van der Waals surface area (Å²) in [5, 5.41) is 7.55. The largest absolute Gasteiger partial charge is 0.336 e. The SMILES string of the molecule is CCCCN(CC1CCCN1)C(=O)c1ccnn1C. The van der Waals surface area contributed by atoms with Crippen LogP contribution in [0.3, 0.4) is 0 Å². The van der Waals surface area contributed by atoms with Gasteiger partial charge in [-0.25, -0.2) is 0 Å². The van der Waals surface area contributed by atoms with E-state index in [2.05, 4.69) is 17.3 Å². The number of nitrogens with zero attached hydrogens (tertiary/aromatic N) is 3. The monoisotopic (exact) mass is 264 g/mol. The van der Waals surface area contributed by atoms with Gasteiger partial charge in [0.05, 0.1) is 0 Å². The van der Waals surface area contributed by atoms with E-state index in [1.165, 1.54) is 12.8 Å². The Morgan fingerprint density at radius 2 is 2.47 bits per heavy atom. The summed E-state index contributed by atoms with van der Waals surface area (Å²) < 4.78 is 1.66. The van der Waals surface area contributed by atoms with Crippen LogP contribution < -0.4 is 5.32 Å². The Bertz CT molecular complexity index is 409. The van der Waals surface area contributed by atoms with E-state index in [0.717, 1.165) is 32.5 Å². The second-order valence-corrected chi connectivity index (χ2v) is 5.24. The van der Waals surface area contributed by atoms with Crippen molar-refractivity contribution in [3.05, 3.63) is 18.0 Å². The molecule has 19 heavy (non-hydrogen) atoms. The zero-order valence-electron chi connectivity index (χ0n) is 11.9. The van der Waals surface area contributed by atoms with Gasteiger partial charge in [0.2, 0.25) is 0 Å². The molecule has 0 aromatic carbocycles. The molecule has 2 heterocycles. The van der Waals surface area contributed by atoms with Crippen molar-refractivity contribution in [3.8, 4) is 0 Å². The van der Waals surface area contributed by atoms with E-state index in [1.54, 1.807) is 16.9 Å². The van der Waals surface area contributed by atoms with Gasteiger partial charge in [-0.3, -0.25) is 9.48 Å². The van der Waals surface area contributed by atoms with Crippen LogP contribution in [0.25, 0.3) is 0 Å². The molecule has 1 atom stereocenters. The van der Waals surface area contributed by atoms with Crippen LogP contribution in [0.1, 0.15) is 43.1 Å². The van der Waals surface area contributed by atoms with Crippen molar-refractivity contribution < 1.29 is 4.79 Å². The number of aromatic nitrogens is 2. The molecule has 0 radical (unpaired) electrons. The maximum absolute atomic E-state index is 12.6. The van der Waals surface area contributed by atoms with Crippen molar-refractivity contribution in [1.29, 1.82) is 0 Å². The van der Waals surface area contributed by atoms with Gasteiger partial charge in [-0.05, 0) is 31.9 Å². The smallest absolute Gasteiger partial charge is 0.272 e. The van der Waals surface area contributed by atoms with Crippen LogP contribution in [-0.4, -0.2) is 46.3 Å². The Kier molecular flexibility index (Phi) is 4.96. The Labute approximate surface area is 115 Å². The molecule has 1 unspecified atom stereocenters. The fraction of sp³-hybridized carbons (Fsp3) is 0.714. The minimum Gasteiger partial charge on any atom is -0.336 e. The van der Waals surface area contributed by atoms with Gasteiger partial charge in [0.15, 0.2) is 0 Å². The lowest BCUT2D eigenvalue weighted by Gasteiger charge is -2.25. The van der Waals surface area contributed by atoms with Crippen LogP contribution in [-0.2, 0) is 7.05 Å². The second-order valence-electron chi connectivity index (χ2n) is 5.24. The quantitative estimate of drug-likeness (QED) is 0.845. The first-order chi connectivity index (χ1) is 9.22. The molecular weight excluding hydrogens is 240 g/mol. The average molecular weight is 264 g/mol. The van der Waals surface area contributed by atoms with E-state index in [9.17, 15) is 4.79 Å². The summed E-state index contributed by atoms with van der Waals surface area (Å²) in [6.07, 6.45) is 6.22. The summed E-state index contributed by atoms with van der Waals surface area (Å²) in [4.78, 5) is 14.5. The van der Waals surface area contributed by atoms with Gasteiger partial charge >= 0.3 is 0 Å². The topological polar surface area (TPSA) is 50.2 Å². The molecule has 5 nitrogen and oxygen atoms in total. The first kappa shape index (κ1) is 14.1. The van der Waals surface area contributed by atoms with E-state index in [1.807, 2.05) is 11.9 Å². The number of carbonyl (C=O) groups excluding carboxylic acids is 1. The minimum atomic E-state index is 0.0992. The molecular formula is C14H24N4O. The summed E-state index contributed by atoms with van der Waals surface area (Å²) >= 11 is 0. The molecule has 1 aliphatic heterocycles. The molecule has 1 N–H and O–H groups in total. The molecule has 0 saturated carbocycles. The molecule has 0 aliphatic carbocycles. The van der Waals surface area contributed by atoms with Crippen molar-refractivity contribution in [2.75, 3.05) is 19.6 Å². The van der Waals surface area contributed by atoms with Gasteiger partial charge in [-0.1, -0.05) is 13.3 Å². The van der Waals surface area contributed by atoms with E-state index in [-0.39, 0.29) is 5.91 Å². The Morgan fingerprint density at radius 1 is 1.63 bits per heavy atom. The molecule has 0 spiro atoms. The highest BCUT2D eigenvalue weighted by atomic mass is 16.2. The number of hydrogen-bond acceptors (Lipinski definition) is 3. The molecule has 1 fully saturated rings. The Hall–Kier alpha value is -1.36. The van der Waals surface area contributed by atoms with E-state index < -0.39 is 0 Å². The van der Waals surface area contributed by atoms with Crippen molar-refractivity contribution in [2.45, 2.75) is 38.6 Å². The molecule has 2 rings (SSSR count). The average Bonchev–Trinajstić information content (AvgIpc) is 3.05. The highest BCUT2D eigenvalue weighted by Gasteiger charge is 2.23. The van der Waals surface area contributed by atoms with E-state index in [0.29, 0.717) is 11.7 Å². The third-order valence-corrected chi connectivity index (χ3v) is 3.71. The number of nitrogens with one attached hydrogen (secondary N) is 1. The van der Waals surface area contributed by atoms with Crippen molar-refractivity contribution in [3.63, 3.8) is 0 Å². The van der Waals surface area contributed by atoms with Crippen LogP contribution in [0.15, 0.2) is 12.3 Å². The molecule has 1 aliphatic rings. The zero-order valence-corrected chi connectivity index (χ0v) is 11.9. The molecule has 1 aromatic heterocycles. The Balaban J connectivity index is 2.03. The van der Waals surface area contributed by atoms with Gasteiger partial charge in [0.25, 0.3) is 5.91 Å². The predicted octanol–water partition coefficient (Wildman–Crippen LogP) is 1.41. The van der Waals surface area contributed by atoms with Crippen LogP contribution in [0.4, 0.5) is 0 Å². The lowest BCUT2D eigenvalue weighted by molar-refractivity contribution is 0.0728. The van der Waals surface area contributed by atoms with Gasteiger partial charge in [-0.2, -0.15) is 5.10 Å². The van der Waals surface area contributed by atoms with Gasteiger partial charge in [0, 0.05) is 32.4 Å². The third kappa shape index (κ3) is 3.56. The van der Waals surface area contributed by atoms with Gasteiger partial charge in [0.1, 0.15) is 5.69 Å². The zero-order chi connectivity index (χ0) is 13.7. The second kappa shape index (κ2) is 6.70. The van der Waals surface area contributed by atoms with Gasteiger partial charge in [-0.15, -0.1) is 0 Å². The van der Waals surface area contributed by atoms with E-state index in [4.69, 9.17) is 0 Å². The van der Waals surface area contributed by atoms with Crippen molar-refractivity contribution in [1.82, 2.24) is 20.0 Å². The number of unbranched alkanes of at least 4 members (excludes halogenated alkanes) is 1. The van der Waals surface area contributed by atoms with Crippen LogP contribution in [0, 0.1) is 0 Å². The summed E-state index contributed by atoms with van der Waals surface area (Å²) in [6, 6.07) is 2.25. The molecule has 0 bridgehead atoms. The molecule has 5 heteroatoms. The predicted molar refractivity (Wildman–Crippen MR) is 75.0 cm³/mol. The standard InChI is InChI=1S/C14H24N4O/c1-3-4-10-18(11-12-6-5-8-15-12)14(19)13-7-9-16-17(13)2/h7,9,12,15H,3-6,8,10-11H2,1-2H3. The summed E-state index contributed by atoms with van der Waals surface area (Å²) in [5.41, 5.74) is 0.675. The fourth-order valence-corrected chi connectivity index (χ4v) is 2.55. The third-order valence-electron chi connectivity index (χ3n) is 3.71. The number of carbonyl (C=O) groups is 1. The van der Waals surface area contributed by atoms with Gasteiger partial charge < -0.3 is 10.2 Å². The lowest BCUT2D eigenvalue weighted by atomic mass is 10.2. The van der Waals surface area contributed by atoms with Crippen LogP contribution >= 0.6 is 0 Å². The normalized spacial score (nSPS) is 18.7. The number of hydrogen-bond donors (Lipinski definition) is 1. The fourth-order valence-electron chi connectivity index (χ4n) is 2.55. The summed E-state index contributed by atoms with van der Waals surface area (Å²) in [7, 11) is 1.82. The highest BCUT2D eigenvalue weighted by molar-refractivity contribution is 5.92. The molecule has 106 valence electrons. The number of rotatable bonds is 6.